The van der Waals surface area contributed by atoms with Gasteiger partial charge in [-0.1, -0.05) is 11.8 Å². The van der Waals surface area contributed by atoms with Crippen molar-refractivity contribution in [3.05, 3.63) is 24.3 Å². The third-order valence-corrected chi connectivity index (χ3v) is 4.02. The first-order valence-electron chi connectivity index (χ1n) is 6.02. The van der Waals surface area contributed by atoms with Crippen molar-refractivity contribution in [1.29, 1.82) is 0 Å². The molecule has 20 heavy (non-hydrogen) atoms. The minimum atomic E-state index is -0.371. The predicted octanol–water partition coefficient (Wildman–Crippen LogP) is 1.46. The molecule has 1 aromatic heterocycles. The van der Waals surface area contributed by atoms with E-state index in [4.69, 9.17) is 10.5 Å². The van der Waals surface area contributed by atoms with Gasteiger partial charge in [-0.05, 0) is 31.2 Å². The Hall–Kier alpha value is -2.02. The minimum absolute atomic E-state index is 0.346. The number of primary amides is 1. The van der Waals surface area contributed by atoms with Gasteiger partial charge in [0.2, 0.25) is 5.91 Å². The fraction of sp³-hybridized carbons (Fsp3) is 0.308. The fourth-order valence-corrected chi connectivity index (χ4v) is 2.39. The van der Waals surface area contributed by atoms with Crippen molar-refractivity contribution in [1.82, 2.24) is 14.8 Å². The maximum Gasteiger partial charge on any atom is 0.230 e. The average Bonchev–Trinajstić information content (AvgIpc) is 2.80. The Morgan fingerprint density at radius 1 is 1.35 bits per heavy atom. The molecule has 0 aliphatic heterocycles. The normalized spacial score (nSPS) is 12.2. The van der Waals surface area contributed by atoms with Gasteiger partial charge in [0.15, 0.2) is 11.0 Å². The number of nitrogens with zero attached hydrogens (tertiary/aromatic N) is 3. The summed E-state index contributed by atoms with van der Waals surface area (Å²) in [7, 11) is 3.48. The maximum atomic E-state index is 11.1. The minimum Gasteiger partial charge on any atom is -0.497 e. The molecular weight excluding hydrogens is 276 g/mol. The summed E-state index contributed by atoms with van der Waals surface area (Å²) in [5.74, 6) is 1.14. The van der Waals surface area contributed by atoms with Crippen LogP contribution in [0.1, 0.15) is 6.92 Å². The Balaban J connectivity index is 2.25. The van der Waals surface area contributed by atoms with Gasteiger partial charge in [-0.2, -0.15) is 0 Å². The highest BCUT2D eigenvalue weighted by molar-refractivity contribution is 8.00. The highest BCUT2D eigenvalue weighted by Gasteiger charge is 2.17. The summed E-state index contributed by atoms with van der Waals surface area (Å²) in [6.45, 7) is 1.74. The largest absolute Gasteiger partial charge is 0.497 e. The maximum absolute atomic E-state index is 11.1. The van der Waals surface area contributed by atoms with Crippen LogP contribution in [0.5, 0.6) is 5.75 Å². The van der Waals surface area contributed by atoms with Crippen molar-refractivity contribution < 1.29 is 9.53 Å². The second kappa shape index (κ2) is 5.96. The fourth-order valence-electron chi connectivity index (χ4n) is 1.63. The van der Waals surface area contributed by atoms with Gasteiger partial charge in [-0.15, -0.1) is 10.2 Å². The van der Waals surface area contributed by atoms with Crippen LogP contribution in [0.15, 0.2) is 29.4 Å². The molecule has 1 aromatic carbocycles. The van der Waals surface area contributed by atoms with Crippen molar-refractivity contribution in [2.75, 3.05) is 7.11 Å². The zero-order chi connectivity index (χ0) is 14.7. The van der Waals surface area contributed by atoms with E-state index in [0.29, 0.717) is 5.16 Å². The number of hydrogen-bond acceptors (Lipinski definition) is 5. The first-order chi connectivity index (χ1) is 9.52. The van der Waals surface area contributed by atoms with Crippen molar-refractivity contribution in [3.8, 4) is 17.1 Å². The first kappa shape index (κ1) is 14.4. The number of methoxy groups -OCH3 is 1. The summed E-state index contributed by atoms with van der Waals surface area (Å²) < 4.78 is 6.96. The molecule has 0 fully saturated rings. The molecule has 6 nitrogen and oxygen atoms in total. The van der Waals surface area contributed by atoms with Crippen molar-refractivity contribution in [2.24, 2.45) is 12.8 Å². The number of rotatable bonds is 5. The van der Waals surface area contributed by atoms with E-state index in [1.807, 2.05) is 35.9 Å². The molecule has 2 N–H and O–H groups in total. The summed E-state index contributed by atoms with van der Waals surface area (Å²) in [5.41, 5.74) is 6.18. The predicted molar refractivity (Wildman–Crippen MR) is 77.5 cm³/mol. The number of carbonyl (C=O) groups excluding carboxylic acids is 1. The van der Waals surface area contributed by atoms with Gasteiger partial charge in [0.1, 0.15) is 5.75 Å². The first-order valence-corrected chi connectivity index (χ1v) is 6.90. The van der Waals surface area contributed by atoms with E-state index in [-0.39, 0.29) is 11.2 Å². The third kappa shape index (κ3) is 2.93. The molecule has 2 aromatic rings. The van der Waals surface area contributed by atoms with Crippen LogP contribution in [0.3, 0.4) is 0 Å². The second-order valence-corrected chi connectivity index (χ2v) is 5.56. The van der Waals surface area contributed by atoms with E-state index in [1.54, 1.807) is 14.0 Å². The third-order valence-electron chi connectivity index (χ3n) is 2.87. The molecule has 2 rings (SSSR count). The molecule has 1 unspecified atom stereocenters. The van der Waals surface area contributed by atoms with Crippen LogP contribution in [-0.4, -0.2) is 33.0 Å². The van der Waals surface area contributed by atoms with Gasteiger partial charge >= 0.3 is 0 Å². The highest BCUT2D eigenvalue weighted by Crippen LogP contribution is 2.26. The van der Waals surface area contributed by atoms with Crippen molar-refractivity contribution >= 4 is 17.7 Å². The van der Waals surface area contributed by atoms with Gasteiger partial charge in [0.25, 0.3) is 0 Å². The van der Waals surface area contributed by atoms with Gasteiger partial charge in [0.05, 0.1) is 12.4 Å². The standard InChI is InChI=1S/C13H16N4O2S/c1-8(11(14)18)20-13-16-15-12(17(13)2)9-4-6-10(19-3)7-5-9/h4-8H,1-3H3,(H2,14,18). The molecule has 0 radical (unpaired) electrons. The molecule has 0 aliphatic rings. The SMILES string of the molecule is COc1ccc(-c2nnc(SC(C)C(N)=O)n2C)cc1. The monoisotopic (exact) mass is 292 g/mol. The quantitative estimate of drug-likeness (QED) is 0.843. The van der Waals surface area contributed by atoms with E-state index < -0.39 is 0 Å². The van der Waals surface area contributed by atoms with E-state index in [9.17, 15) is 4.79 Å². The van der Waals surface area contributed by atoms with E-state index in [1.165, 1.54) is 11.8 Å². The zero-order valence-electron chi connectivity index (χ0n) is 11.5. The van der Waals surface area contributed by atoms with Crippen LogP contribution < -0.4 is 10.5 Å². The Bertz CT molecular complexity index is 609. The molecule has 0 bridgehead atoms. The number of carbonyl (C=O) groups is 1. The van der Waals surface area contributed by atoms with E-state index in [0.717, 1.165) is 17.1 Å². The molecule has 0 aliphatic carbocycles. The molecule has 7 heteroatoms. The van der Waals surface area contributed by atoms with Gasteiger partial charge < -0.3 is 15.0 Å². The molecular formula is C13H16N4O2S. The van der Waals surface area contributed by atoms with Gasteiger partial charge in [-0.3, -0.25) is 4.79 Å². The molecule has 1 heterocycles. The zero-order valence-corrected chi connectivity index (χ0v) is 12.3. The number of amides is 1. The molecule has 0 saturated carbocycles. The molecule has 0 spiro atoms. The van der Waals surface area contributed by atoms with Gasteiger partial charge in [-0.25, -0.2) is 0 Å². The lowest BCUT2D eigenvalue weighted by atomic mass is 10.2. The second-order valence-electron chi connectivity index (χ2n) is 4.26. The molecule has 0 saturated heterocycles. The van der Waals surface area contributed by atoms with Crippen LogP contribution in [0, 0.1) is 0 Å². The molecule has 106 valence electrons. The Kier molecular flexibility index (Phi) is 4.29. The van der Waals surface area contributed by atoms with Crippen LogP contribution in [-0.2, 0) is 11.8 Å². The molecule has 1 amide bonds. The van der Waals surface area contributed by atoms with Crippen LogP contribution in [0.2, 0.25) is 0 Å². The number of thioether (sulfide) groups is 1. The van der Waals surface area contributed by atoms with Crippen molar-refractivity contribution in [3.63, 3.8) is 0 Å². The number of ether oxygens (including phenoxy) is 1. The van der Waals surface area contributed by atoms with Crippen LogP contribution in [0.4, 0.5) is 0 Å². The number of aromatic nitrogens is 3. The lowest BCUT2D eigenvalue weighted by Gasteiger charge is -2.07. The van der Waals surface area contributed by atoms with E-state index >= 15 is 0 Å². The summed E-state index contributed by atoms with van der Waals surface area (Å²) in [5, 5.41) is 8.56. The Morgan fingerprint density at radius 3 is 2.55 bits per heavy atom. The topological polar surface area (TPSA) is 83.0 Å². The van der Waals surface area contributed by atoms with Crippen LogP contribution >= 0.6 is 11.8 Å². The summed E-state index contributed by atoms with van der Waals surface area (Å²) in [6.07, 6.45) is 0. The number of hydrogen-bond donors (Lipinski definition) is 1. The smallest absolute Gasteiger partial charge is 0.230 e. The van der Waals surface area contributed by atoms with Gasteiger partial charge in [0, 0.05) is 12.6 Å². The van der Waals surface area contributed by atoms with E-state index in [2.05, 4.69) is 10.2 Å². The lowest BCUT2D eigenvalue weighted by molar-refractivity contribution is -0.117. The van der Waals surface area contributed by atoms with Crippen molar-refractivity contribution in [2.45, 2.75) is 17.3 Å². The Labute approximate surface area is 121 Å². The summed E-state index contributed by atoms with van der Waals surface area (Å²) in [4.78, 5) is 11.1. The lowest BCUT2D eigenvalue weighted by Crippen LogP contribution is -2.22. The summed E-state index contributed by atoms with van der Waals surface area (Å²) in [6, 6.07) is 7.55. The summed E-state index contributed by atoms with van der Waals surface area (Å²) >= 11 is 1.29. The Morgan fingerprint density at radius 2 is 2.00 bits per heavy atom. The average molecular weight is 292 g/mol. The number of benzene rings is 1. The van der Waals surface area contributed by atoms with Crippen LogP contribution in [0.25, 0.3) is 11.4 Å². The molecule has 1 atom stereocenters. The highest BCUT2D eigenvalue weighted by atomic mass is 32.2. The number of nitrogens with two attached hydrogens (primary N) is 1.